The second-order valence-electron chi connectivity index (χ2n) is 13.2. The monoisotopic (exact) mass is 615 g/mol. The van der Waals surface area contributed by atoms with Gasteiger partial charge in [0.2, 0.25) is 0 Å². The Balaban J connectivity index is 1.21. The molecule has 4 unspecified atom stereocenters. The van der Waals surface area contributed by atoms with Gasteiger partial charge in [-0.25, -0.2) is 4.99 Å². The first-order valence-electron chi connectivity index (χ1n) is 17.0. The van der Waals surface area contributed by atoms with Crippen LogP contribution in [0.2, 0.25) is 0 Å². The Hall–Kier alpha value is -5.85. The fourth-order valence-electron chi connectivity index (χ4n) is 8.90. The van der Waals surface area contributed by atoms with Gasteiger partial charge in [-0.3, -0.25) is 0 Å². The molecule has 3 heteroatoms. The van der Waals surface area contributed by atoms with Gasteiger partial charge in [0.1, 0.15) is 0 Å². The average molecular weight is 616 g/mol. The predicted molar refractivity (Wildman–Crippen MR) is 195 cm³/mol. The Bertz CT molecular complexity index is 2240. The number of benzene rings is 4. The molecule has 0 radical (unpaired) electrons. The Morgan fingerprint density at radius 2 is 1.56 bits per heavy atom. The maximum Gasteiger partial charge on any atom is 0.198 e. The first-order chi connectivity index (χ1) is 23.8. The molecule has 0 aromatic heterocycles. The summed E-state index contributed by atoms with van der Waals surface area (Å²) in [7, 11) is 0. The van der Waals surface area contributed by atoms with Crippen LogP contribution in [0.15, 0.2) is 168 Å². The fraction of sp³-hybridized carbons (Fsp3) is 0.133. The van der Waals surface area contributed by atoms with Crippen molar-refractivity contribution in [3.05, 3.63) is 208 Å². The molecule has 48 heavy (non-hydrogen) atoms. The van der Waals surface area contributed by atoms with Crippen molar-refractivity contribution in [1.29, 1.82) is 0 Å². The normalized spacial score (nSPS) is 24.3. The fourth-order valence-corrected chi connectivity index (χ4v) is 8.90. The van der Waals surface area contributed by atoms with Gasteiger partial charge in [0, 0.05) is 22.7 Å². The van der Waals surface area contributed by atoms with Gasteiger partial charge in [-0.05, 0) is 70.5 Å². The van der Waals surface area contributed by atoms with Crippen molar-refractivity contribution in [2.75, 3.05) is 10.2 Å². The van der Waals surface area contributed by atoms with E-state index in [4.69, 9.17) is 4.99 Å². The highest BCUT2D eigenvalue weighted by Crippen LogP contribution is 2.62. The Morgan fingerprint density at radius 3 is 2.40 bits per heavy atom. The largest absolute Gasteiger partial charge is 0.346 e. The van der Waals surface area contributed by atoms with Crippen LogP contribution in [0.3, 0.4) is 0 Å². The molecule has 3 nitrogen and oxygen atoms in total. The summed E-state index contributed by atoms with van der Waals surface area (Å²) >= 11 is 0. The number of nitrogens with one attached hydrogen (secondary N) is 1. The number of allylic oxidation sites excluding steroid dienone is 6. The Morgan fingerprint density at radius 1 is 0.792 bits per heavy atom. The highest BCUT2D eigenvalue weighted by molar-refractivity contribution is 6.17. The first-order valence-corrected chi connectivity index (χ1v) is 17.0. The number of para-hydroxylation sites is 1. The van der Waals surface area contributed by atoms with Gasteiger partial charge in [-0.2, -0.15) is 0 Å². The summed E-state index contributed by atoms with van der Waals surface area (Å²) < 4.78 is 0. The third kappa shape index (κ3) is 3.81. The van der Waals surface area contributed by atoms with Crippen molar-refractivity contribution in [3.63, 3.8) is 0 Å². The van der Waals surface area contributed by atoms with E-state index in [0.717, 1.165) is 41.1 Å². The summed E-state index contributed by atoms with van der Waals surface area (Å²) in [6.07, 6.45) is 13.8. The zero-order valence-electron chi connectivity index (χ0n) is 26.5. The Kier molecular flexibility index (Phi) is 6.02. The summed E-state index contributed by atoms with van der Waals surface area (Å²) in [5, 5.41) is 3.84. The van der Waals surface area contributed by atoms with E-state index in [1.165, 1.54) is 39.0 Å². The van der Waals surface area contributed by atoms with Crippen LogP contribution in [0.4, 0.5) is 11.4 Å². The lowest BCUT2D eigenvalue weighted by Gasteiger charge is -2.41. The number of aliphatic imine (C=N–C) groups is 1. The molecule has 0 spiro atoms. The van der Waals surface area contributed by atoms with Gasteiger partial charge in [-0.1, -0.05) is 145 Å². The summed E-state index contributed by atoms with van der Waals surface area (Å²) in [5.74, 6) is 0.152. The molecule has 228 valence electrons. The van der Waals surface area contributed by atoms with E-state index in [-0.39, 0.29) is 23.7 Å². The van der Waals surface area contributed by atoms with Crippen LogP contribution in [-0.4, -0.2) is 18.0 Å². The molecule has 3 aliphatic carbocycles. The standard InChI is InChI=1S/C45H33N3/c1-4-16-30(17-5-1)43-35-24-11-14-26-40(35)46-44(47-43)48-41-27-15-12-23-34(41)37-28-36-33-22-10-13-25-38(33)45(39(36)29-42(37)48,31-18-6-2-7-19-31)32-20-8-3-9-21-32/h1-8,10-14,16-20,22-26,28-29,37,42,44,46H,9,21H2. The lowest BCUT2D eigenvalue weighted by Crippen LogP contribution is -2.47. The molecule has 0 saturated carbocycles. The topological polar surface area (TPSA) is 27.6 Å². The van der Waals surface area contributed by atoms with E-state index in [1.54, 1.807) is 0 Å². The molecule has 0 bridgehead atoms. The number of nitrogens with zero attached hydrogens (tertiary/aromatic N) is 2. The third-order valence-electron chi connectivity index (χ3n) is 10.8. The van der Waals surface area contributed by atoms with Crippen LogP contribution in [0.1, 0.15) is 52.1 Å². The van der Waals surface area contributed by atoms with Crippen LogP contribution in [0.5, 0.6) is 0 Å². The molecule has 10 rings (SSSR count). The molecular weight excluding hydrogens is 583 g/mol. The van der Waals surface area contributed by atoms with E-state index >= 15 is 0 Å². The van der Waals surface area contributed by atoms with Crippen molar-refractivity contribution < 1.29 is 0 Å². The minimum absolute atomic E-state index is 0.0338. The average Bonchev–Trinajstić information content (AvgIpc) is 3.64. The van der Waals surface area contributed by atoms with Gasteiger partial charge < -0.3 is 10.2 Å². The number of anilines is 2. The molecule has 1 N–H and O–H groups in total. The molecule has 0 fully saturated rings. The lowest BCUT2D eigenvalue weighted by molar-refractivity contribution is 0.591. The van der Waals surface area contributed by atoms with Crippen LogP contribution >= 0.6 is 0 Å². The number of hydrogen-bond donors (Lipinski definition) is 1. The van der Waals surface area contributed by atoms with Gasteiger partial charge in [0.15, 0.2) is 6.29 Å². The Labute approximate surface area is 282 Å². The third-order valence-corrected chi connectivity index (χ3v) is 10.8. The second-order valence-corrected chi connectivity index (χ2v) is 13.2. The molecular formula is C45H33N3. The van der Waals surface area contributed by atoms with Gasteiger partial charge in [0.25, 0.3) is 0 Å². The van der Waals surface area contributed by atoms with Crippen LogP contribution in [-0.2, 0) is 5.41 Å². The van der Waals surface area contributed by atoms with Gasteiger partial charge in [-0.15, -0.1) is 0 Å². The molecule has 0 saturated heterocycles. The SMILES string of the molecule is c1ccc2c(c#1)N(C1N=C(c3ccccc3)c3ccccc3N1)C1C=C3C(=CC21)c1ccccc1C3(C1=CC=CCC1)c1ccccc1. The molecule has 2 aliphatic heterocycles. The highest BCUT2D eigenvalue weighted by Gasteiger charge is 2.53. The lowest BCUT2D eigenvalue weighted by atomic mass is 9.64. The molecule has 5 aliphatic rings. The second kappa shape index (κ2) is 10.6. The van der Waals surface area contributed by atoms with E-state index in [0.29, 0.717) is 0 Å². The summed E-state index contributed by atoms with van der Waals surface area (Å²) in [4.78, 5) is 7.96. The van der Waals surface area contributed by atoms with Crippen molar-refractivity contribution >= 4 is 22.7 Å². The summed E-state index contributed by atoms with van der Waals surface area (Å²) in [6.45, 7) is 0. The highest BCUT2D eigenvalue weighted by atomic mass is 15.4. The summed E-state index contributed by atoms with van der Waals surface area (Å²) in [5.41, 5.74) is 14.5. The minimum atomic E-state index is -0.374. The van der Waals surface area contributed by atoms with Crippen molar-refractivity contribution in [2.45, 2.75) is 36.5 Å². The zero-order valence-corrected chi connectivity index (χ0v) is 26.5. The smallest absolute Gasteiger partial charge is 0.198 e. The van der Waals surface area contributed by atoms with Crippen molar-refractivity contribution in [3.8, 4) is 0 Å². The molecule has 5 aromatic carbocycles. The van der Waals surface area contributed by atoms with Crippen LogP contribution < -0.4 is 10.2 Å². The van der Waals surface area contributed by atoms with Crippen molar-refractivity contribution in [2.24, 2.45) is 4.99 Å². The summed E-state index contributed by atoms with van der Waals surface area (Å²) in [6, 6.07) is 50.5. The van der Waals surface area contributed by atoms with Crippen molar-refractivity contribution in [1.82, 2.24) is 0 Å². The number of hydrogen-bond acceptors (Lipinski definition) is 3. The molecule has 0 amide bonds. The van der Waals surface area contributed by atoms with E-state index < -0.39 is 0 Å². The van der Waals surface area contributed by atoms with Gasteiger partial charge in [0.05, 0.1) is 22.9 Å². The molecule has 5 aromatic rings. The molecule has 2 heterocycles. The maximum atomic E-state index is 5.50. The minimum Gasteiger partial charge on any atom is -0.346 e. The van der Waals surface area contributed by atoms with E-state index in [2.05, 4.69) is 168 Å². The zero-order chi connectivity index (χ0) is 31.7. The quantitative estimate of drug-likeness (QED) is 0.218. The van der Waals surface area contributed by atoms with Gasteiger partial charge >= 0.3 is 0 Å². The first kappa shape index (κ1) is 27.3. The van der Waals surface area contributed by atoms with E-state index in [9.17, 15) is 0 Å². The molecule has 4 atom stereocenters. The van der Waals surface area contributed by atoms with Crippen LogP contribution in [0.25, 0.3) is 5.57 Å². The predicted octanol–water partition coefficient (Wildman–Crippen LogP) is 9.41. The van der Waals surface area contributed by atoms with E-state index in [1.807, 2.05) is 6.07 Å². The maximum absolute atomic E-state index is 5.50. The van der Waals surface area contributed by atoms with Crippen LogP contribution in [0, 0.1) is 12.1 Å². The number of rotatable bonds is 4. The number of fused-ring (bicyclic) bond motifs is 7.